The Morgan fingerprint density at radius 3 is 2.57 bits per heavy atom. The van der Waals surface area contributed by atoms with E-state index < -0.39 is 0 Å². The van der Waals surface area contributed by atoms with Gasteiger partial charge in [-0.2, -0.15) is 0 Å². The summed E-state index contributed by atoms with van der Waals surface area (Å²) in [7, 11) is 0. The summed E-state index contributed by atoms with van der Waals surface area (Å²) >= 11 is 1.55. The van der Waals surface area contributed by atoms with Crippen molar-refractivity contribution < 1.29 is 9.53 Å². The predicted octanol–water partition coefficient (Wildman–Crippen LogP) is 3.74. The van der Waals surface area contributed by atoms with E-state index in [2.05, 4.69) is 19.2 Å². The molecule has 0 radical (unpaired) electrons. The zero-order valence-corrected chi connectivity index (χ0v) is 13.5. The Morgan fingerprint density at radius 2 is 1.95 bits per heavy atom. The molecule has 21 heavy (non-hydrogen) atoms. The third kappa shape index (κ3) is 4.33. The van der Waals surface area contributed by atoms with Gasteiger partial charge in [-0.05, 0) is 44.0 Å². The lowest BCUT2D eigenvalue weighted by Crippen LogP contribution is -2.27. The van der Waals surface area contributed by atoms with Gasteiger partial charge in [0.1, 0.15) is 12.4 Å². The highest BCUT2D eigenvalue weighted by atomic mass is 32.1. The molecule has 1 heterocycles. The van der Waals surface area contributed by atoms with E-state index in [1.807, 2.05) is 37.3 Å². The summed E-state index contributed by atoms with van der Waals surface area (Å²) < 4.78 is 5.59. The summed E-state index contributed by atoms with van der Waals surface area (Å²) in [4.78, 5) is 14.0. The molecular formula is C17H21NO2S. The number of rotatable bonds is 6. The van der Waals surface area contributed by atoms with Gasteiger partial charge < -0.3 is 10.1 Å². The van der Waals surface area contributed by atoms with Crippen molar-refractivity contribution >= 4 is 17.2 Å². The molecule has 4 heteroatoms. The molecule has 1 aromatic carbocycles. The number of hydrogen-bond acceptors (Lipinski definition) is 3. The van der Waals surface area contributed by atoms with Crippen molar-refractivity contribution in [3.8, 4) is 5.75 Å². The molecule has 0 saturated carbocycles. The number of ether oxygens (including phenoxy) is 1. The number of benzene rings is 1. The Labute approximate surface area is 130 Å². The summed E-state index contributed by atoms with van der Waals surface area (Å²) in [6, 6.07) is 9.88. The maximum Gasteiger partial charge on any atom is 0.261 e. The second-order valence-electron chi connectivity index (χ2n) is 4.96. The number of carbonyl (C=O) groups excluding carboxylic acids is 1. The van der Waals surface area contributed by atoms with Crippen molar-refractivity contribution in [1.82, 2.24) is 5.32 Å². The van der Waals surface area contributed by atoms with Crippen LogP contribution in [0.3, 0.4) is 0 Å². The summed E-state index contributed by atoms with van der Waals surface area (Å²) in [6.45, 7) is 7.18. The number of nitrogens with one attached hydrogen (secondary N) is 1. The molecule has 0 saturated heterocycles. The molecule has 0 fully saturated rings. The van der Waals surface area contributed by atoms with Crippen LogP contribution in [0.1, 0.15) is 32.6 Å². The Balaban J connectivity index is 1.77. The highest BCUT2D eigenvalue weighted by Crippen LogP contribution is 2.21. The van der Waals surface area contributed by atoms with Crippen molar-refractivity contribution in [3.63, 3.8) is 0 Å². The standard InChI is InChI=1S/C17H21NO2S/c1-4-14-11-16(21-13(14)3)17(19)18-9-10-20-15-7-5-12(2)6-8-15/h5-8,11H,4,9-10H2,1-3H3,(H,18,19). The van der Waals surface area contributed by atoms with Crippen LogP contribution in [-0.2, 0) is 6.42 Å². The number of hydrogen-bond donors (Lipinski definition) is 1. The zero-order chi connectivity index (χ0) is 15.2. The van der Waals surface area contributed by atoms with Gasteiger partial charge in [0.05, 0.1) is 11.4 Å². The fraction of sp³-hybridized carbons (Fsp3) is 0.353. The van der Waals surface area contributed by atoms with Gasteiger partial charge in [0, 0.05) is 4.88 Å². The van der Waals surface area contributed by atoms with Crippen LogP contribution in [0.4, 0.5) is 0 Å². The minimum Gasteiger partial charge on any atom is -0.492 e. The van der Waals surface area contributed by atoms with Crippen LogP contribution < -0.4 is 10.1 Å². The van der Waals surface area contributed by atoms with E-state index in [9.17, 15) is 4.79 Å². The zero-order valence-electron chi connectivity index (χ0n) is 12.7. The Kier molecular flexibility index (Phi) is 5.39. The van der Waals surface area contributed by atoms with Crippen molar-refractivity contribution in [2.45, 2.75) is 27.2 Å². The smallest absolute Gasteiger partial charge is 0.261 e. The van der Waals surface area contributed by atoms with Gasteiger partial charge in [-0.1, -0.05) is 24.6 Å². The van der Waals surface area contributed by atoms with Crippen LogP contribution >= 0.6 is 11.3 Å². The first-order chi connectivity index (χ1) is 10.1. The number of thiophene rings is 1. The first-order valence-corrected chi connectivity index (χ1v) is 7.98. The normalized spacial score (nSPS) is 10.4. The predicted molar refractivity (Wildman–Crippen MR) is 87.4 cm³/mol. The van der Waals surface area contributed by atoms with Gasteiger partial charge in [-0.15, -0.1) is 11.3 Å². The maximum atomic E-state index is 12.0. The summed E-state index contributed by atoms with van der Waals surface area (Å²) in [5, 5.41) is 2.89. The summed E-state index contributed by atoms with van der Waals surface area (Å²) in [6.07, 6.45) is 0.964. The highest BCUT2D eigenvalue weighted by molar-refractivity contribution is 7.14. The SMILES string of the molecule is CCc1cc(C(=O)NCCOc2ccc(C)cc2)sc1C. The molecule has 3 nitrogen and oxygen atoms in total. The minimum absolute atomic E-state index is 0.0182. The molecular weight excluding hydrogens is 282 g/mol. The summed E-state index contributed by atoms with van der Waals surface area (Å²) in [5.41, 5.74) is 2.46. The van der Waals surface area contributed by atoms with Gasteiger partial charge >= 0.3 is 0 Å². The minimum atomic E-state index is -0.0182. The van der Waals surface area contributed by atoms with Crippen LogP contribution in [-0.4, -0.2) is 19.1 Å². The molecule has 2 rings (SSSR count). The van der Waals surface area contributed by atoms with E-state index in [4.69, 9.17) is 4.74 Å². The molecule has 0 unspecified atom stereocenters. The first-order valence-electron chi connectivity index (χ1n) is 7.17. The van der Waals surface area contributed by atoms with Gasteiger partial charge in [0.2, 0.25) is 0 Å². The number of carbonyl (C=O) groups is 1. The summed E-state index contributed by atoms with van der Waals surface area (Å²) in [5.74, 6) is 0.811. The fourth-order valence-corrected chi connectivity index (χ4v) is 3.07. The molecule has 1 amide bonds. The maximum absolute atomic E-state index is 12.0. The van der Waals surface area contributed by atoms with E-state index in [1.165, 1.54) is 16.0 Å². The van der Waals surface area contributed by atoms with Gasteiger partial charge in [0.15, 0.2) is 0 Å². The first kappa shape index (κ1) is 15.6. The second-order valence-corrected chi connectivity index (χ2v) is 6.22. The average Bonchev–Trinajstić information content (AvgIpc) is 2.86. The monoisotopic (exact) mass is 303 g/mol. The lowest BCUT2D eigenvalue weighted by atomic mass is 10.2. The Hall–Kier alpha value is -1.81. The van der Waals surface area contributed by atoms with E-state index in [0.29, 0.717) is 13.2 Å². The van der Waals surface area contributed by atoms with Crippen molar-refractivity contribution in [1.29, 1.82) is 0 Å². The molecule has 1 N–H and O–H groups in total. The Morgan fingerprint density at radius 1 is 1.24 bits per heavy atom. The molecule has 1 aromatic heterocycles. The van der Waals surface area contributed by atoms with Crippen molar-refractivity contribution in [3.05, 3.63) is 51.2 Å². The van der Waals surface area contributed by atoms with Gasteiger partial charge in [0.25, 0.3) is 5.91 Å². The lowest BCUT2D eigenvalue weighted by Gasteiger charge is -2.07. The second kappa shape index (κ2) is 7.27. The third-order valence-corrected chi connectivity index (χ3v) is 4.39. The van der Waals surface area contributed by atoms with Crippen LogP contribution in [0.25, 0.3) is 0 Å². The lowest BCUT2D eigenvalue weighted by molar-refractivity contribution is 0.0951. The van der Waals surface area contributed by atoms with Gasteiger partial charge in [-0.3, -0.25) is 4.79 Å². The largest absolute Gasteiger partial charge is 0.492 e. The van der Waals surface area contributed by atoms with E-state index in [1.54, 1.807) is 11.3 Å². The van der Waals surface area contributed by atoms with E-state index in [0.717, 1.165) is 17.0 Å². The number of amides is 1. The molecule has 112 valence electrons. The molecule has 0 spiro atoms. The van der Waals surface area contributed by atoms with E-state index >= 15 is 0 Å². The average molecular weight is 303 g/mol. The molecule has 0 atom stereocenters. The van der Waals surface area contributed by atoms with Crippen molar-refractivity contribution in [2.24, 2.45) is 0 Å². The van der Waals surface area contributed by atoms with Crippen LogP contribution in [0, 0.1) is 13.8 Å². The molecule has 0 aliphatic heterocycles. The van der Waals surface area contributed by atoms with Crippen LogP contribution in [0.15, 0.2) is 30.3 Å². The van der Waals surface area contributed by atoms with Gasteiger partial charge in [-0.25, -0.2) is 0 Å². The molecule has 0 aliphatic rings. The van der Waals surface area contributed by atoms with E-state index in [-0.39, 0.29) is 5.91 Å². The quantitative estimate of drug-likeness (QED) is 0.826. The molecule has 2 aromatic rings. The topological polar surface area (TPSA) is 38.3 Å². The van der Waals surface area contributed by atoms with Crippen LogP contribution in [0.5, 0.6) is 5.75 Å². The molecule has 0 bridgehead atoms. The third-order valence-electron chi connectivity index (χ3n) is 3.30. The Bertz CT molecular complexity index is 602. The fourth-order valence-electron chi connectivity index (χ4n) is 2.04. The van der Waals surface area contributed by atoms with Crippen LogP contribution in [0.2, 0.25) is 0 Å². The highest BCUT2D eigenvalue weighted by Gasteiger charge is 2.10. The van der Waals surface area contributed by atoms with Crippen molar-refractivity contribution in [2.75, 3.05) is 13.2 Å². The molecule has 0 aliphatic carbocycles. The number of aryl methyl sites for hydroxylation is 3.